The van der Waals surface area contributed by atoms with Gasteiger partial charge in [0, 0.05) is 6.42 Å². The molecule has 10 heteroatoms. The highest BCUT2D eigenvalue weighted by Gasteiger charge is 2.44. The third kappa shape index (κ3) is 21.6. The van der Waals surface area contributed by atoms with Crippen LogP contribution in [0.5, 0.6) is 0 Å². The molecule has 8 atom stereocenters. The number of carbonyl (C=O) groups is 1. The first kappa shape index (κ1) is 48.5. The van der Waals surface area contributed by atoms with Gasteiger partial charge in [-0.3, -0.25) is 4.79 Å². The highest BCUT2D eigenvalue weighted by molar-refractivity contribution is 5.76. The number of hydrogen-bond acceptors (Lipinski definition) is 9. The Hall–Kier alpha value is -1.63. The molecule has 4 unspecified atom stereocenters. The molecule has 1 heterocycles. The molecular formula is C44H79NO9. The highest BCUT2D eigenvalue weighted by atomic mass is 16.7. The molecule has 0 spiro atoms. The number of ether oxygens (including phenoxy) is 2. The number of amides is 1. The predicted octanol–water partition coefficient (Wildman–Crippen LogP) is 7.02. The lowest BCUT2D eigenvalue weighted by molar-refractivity contribution is -0.303. The number of unbranched alkanes of at least 4 members (excludes halogenated alkanes) is 22. The predicted molar refractivity (Wildman–Crippen MR) is 215 cm³/mol. The number of carbonyl (C=O) groups excluding carboxylic acids is 1. The van der Waals surface area contributed by atoms with Crippen LogP contribution in [0.2, 0.25) is 0 Å². The summed E-state index contributed by atoms with van der Waals surface area (Å²) in [7, 11) is 0. The van der Waals surface area contributed by atoms with Gasteiger partial charge in [0.2, 0.25) is 5.91 Å². The van der Waals surface area contributed by atoms with E-state index < -0.39 is 55.6 Å². The van der Waals surface area contributed by atoms with E-state index in [-0.39, 0.29) is 25.4 Å². The van der Waals surface area contributed by atoms with Crippen molar-refractivity contribution in [1.29, 1.82) is 0 Å². The van der Waals surface area contributed by atoms with E-state index in [0.717, 1.165) is 24.8 Å². The zero-order valence-corrected chi connectivity index (χ0v) is 33.7. The standard InChI is InChI=1S/C44H79NO9/c1-2-3-4-5-6-7-8-9-10-11-12-13-14-15-16-17-18-19-20-21-22-23-27-30-39(48)45-36(40(49)37(47)32-31-35-28-25-24-26-29-35)34-53-44-43(52)42(51)41(50)38(33-46)54-44/h24-26,28-29,36-38,40-44,46-47,49-52H,2-23,27,30-34H2,1H3,(H,45,48)/t36-,37+,38?,40-,41?,42?,43-,44?/m0/s1. The highest BCUT2D eigenvalue weighted by Crippen LogP contribution is 2.23. The first-order chi connectivity index (χ1) is 26.3. The smallest absolute Gasteiger partial charge is 0.220 e. The monoisotopic (exact) mass is 766 g/mol. The molecule has 1 aliphatic heterocycles. The summed E-state index contributed by atoms with van der Waals surface area (Å²) in [5, 5.41) is 64.8. The first-order valence-corrected chi connectivity index (χ1v) is 21.9. The van der Waals surface area contributed by atoms with Crippen molar-refractivity contribution in [3.8, 4) is 0 Å². The van der Waals surface area contributed by atoms with Gasteiger partial charge in [0.15, 0.2) is 6.29 Å². The molecule has 7 N–H and O–H groups in total. The number of aliphatic hydroxyl groups excluding tert-OH is 6. The Labute approximate surface area is 327 Å². The summed E-state index contributed by atoms with van der Waals surface area (Å²) in [6, 6.07) is 8.54. The minimum absolute atomic E-state index is 0.247. The van der Waals surface area contributed by atoms with Crippen LogP contribution in [0, 0.1) is 0 Å². The fraction of sp³-hybridized carbons (Fsp3) is 0.841. The van der Waals surface area contributed by atoms with E-state index in [1.165, 1.54) is 122 Å². The fourth-order valence-corrected chi connectivity index (χ4v) is 7.38. The summed E-state index contributed by atoms with van der Waals surface area (Å²) in [6.07, 6.45) is 21.1. The molecule has 1 saturated heterocycles. The van der Waals surface area contributed by atoms with E-state index in [4.69, 9.17) is 9.47 Å². The van der Waals surface area contributed by atoms with Crippen molar-refractivity contribution in [3.63, 3.8) is 0 Å². The van der Waals surface area contributed by atoms with Gasteiger partial charge >= 0.3 is 0 Å². The number of hydrogen-bond donors (Lipinski definition) is 7. The lowest BCUT2D eigenvalue weighted by atomic mass is 9.98. The maximum Gasteiger partial charge on any atom is 0.220 e. The van der Waals surface area contributed by atoms with Gasteiger partial charge in [-0.2, -0.15) is 0 Å². The molecule has 10 nitrogen and oxygen atoms in total. The molecule has 0 radical (unpaired) electrons. The van der Waals surface area contributed by atoms with E-state index in [1.807, 2.05) is 30.3 Å². The average molecular weight is 766 g/mol. The Morgan fingerprint density at radius 1 is 0.685 bits per heavy atom. The molecule has 0 aliphatic carbocycles. The van der Waals surface area contributed by atoms with Gasteiger partial charge in [0.25, 0.3) is 0 Å². The van der Waals surface area contributed by atoms with Crippen molar-refractivity contribution in [3.05, 3.63) is 35.9 Å². The van der Waals surface area contributed by atoms with Gasteiger partial charge in [-0.25, -0.2) is 0 Å². The van der Waals surface area contributed by atoms with Crippen molar-refractivity contribution in [2.75, 3.05) is 13.2 Å². The van der Waals surface area contributed by atoms with Crippen LogP contribution in [-0.4, -0.2) is 98.7 Å². The Morgan fingerprint density at radius 2 is 1.15 bits per heavy atom. The summed E-state index contributed by atoms with van der Waals surface area (Å²) in [5.41, 5.74) is 1.00. The summed E-state index contributed by atoms with van der Waals surface area (Å²) < 4.78 is 11.1. The van der Waals surface area contributed by atoms with Crippen LogP contribution < -0.4 is 5.32 Å². The first-order valence-electron chi connectivity index (χ1n) is 21.9. The second kappa shape index (κ2) is 31.5. The summed E-state index contributed by atoms with van der Waals surface area (Å²) in [6.45, 7) is 1.34. The van der Waals surface area contributed by atoms with Gasteiger partial charge in [0.05, 0.1) is 25.4 Å². The van der Waals surface area contributed by atoms with Crippen LogP contribution in [0.15, 0.2) is 30.3 Å². The number of benzene rings is 1. The van der Waals surface area contributed by atoms with Gasteiger partial charge < -0.3 is 45.4 Å². The molecule has 314 valence electrons. The third-order valence-corrected chi connectivity index (χ3v) is 11.0. The van der Waals surface area contributed by atoms with Crippen molar-refractivity contribution >= 4 is 5.91 Å². The molecule has 0 aromatic heterocycles. The molecule has 1 aliphatic rings. The van der Waals surface area contributed by atoms with Crippen LogP contribution in [0.1, 0.15) is 173 Å². The topological polar surface area (TPSA) is 169 Å². The third-order valence-electron chi connectivity index (χ3n) is 11.0. The number of rotatable bonds is 34. The van der Waals surface area contributed by atoms with Crippen LogP contribution in [0.25, 0.3) is 0 Å². The number of nitrogens with one attached hydrogen (secondary N) is 1. The van der Waals surface area contributed by atoms with Gasteiger partial charge in [0.1, 0.15) is 30.5 Å². The molecular weight excluding hydrogens is 686 g/mol. The summed E-state index contributed by atoms with van der Waals surface area (Å²) >= 11 is 0. The Kier molecular flexibility index (Phi) is 28.3. The summed E-state index contributed by atoms with van der Waals surface area (Å²) in [4.78, 5) is 12.9. The maximum atomic E-state index is 12.9. The second-order valence-electron chi connectivity index (χ2n) is 15.8. The fourth-order valence-electron chi connectivity index (χ4n) is 7.38. The Balaban J connectivity index is 1.56. The van der Waals surface area contributed by atoms with Crippen molar-refractivity contribution in [1.82, 2.24) is 5.32 Å². The lowest BCUT2D eigenvalue weighted by Crippen LogP contribution is -2.60. The van der Waals surface area contributed by atoms with Gasteiger partial charge in [-0.05, 0) is 24.8 Å². The number of aryl methyl sites for hydroxylation is 1. The van der Waals surface area contributed by atoms with Crippen molar-refractivity contribution < 1.29 is 44.9 Å². The van der Waals surface area contributed by atoms with Crippen LogP contribution in [0.3, 0.4) is 0 Å². The van der Waals surface area contributed by atoms with Crippen LogP contribution in [-0.2, 0) is 20.7 Å². The zero-order valence-electron chi connectivity index (χ0n) is 33.7. The van der Waals surface area contributed by atoms with Gasteiger partial charge in [-0.15, -0.1) is 0 Å². The van der Waals surface area contributed by atoms with E-state index >= 15 is 0 Å². The van der Waals surface area contributed by atoms with Crippen molar-refractivity contribution in [2.45, 2.75) is 223 Å². The second-order valence-corrected chi connectivity index (χ2v) is 15.8. The molecule has 1 fully saturated rings. The molecule has 1 aromatic rings. The molecule has 54 heavy (non-hydrogen) atoms. The largest absolute Gasteiger partial charge is 0.394 e. The normalized spacial score (nSPS) is 21.9. The quantitative estimate of drug-likeness (QED) is 0.0365. The zero-order chi connectivity index (χ0) is 39.2. The van der Waals surface area contributed by atoms with Gasteiger partial charge in [-0.1, -0.05) is 179 Å². The lowest BCUT2D eigenvalue weighted by Gasteiger charge is -2.40. The van der Waals surface area contributed by atoms with Crippen LogP contribution in [0.4, 0.5) is 0 Å². The maximum absolute atomic E-state index is 12.9. The Morgan fingerprint density at radius 3 is 1.61 bits per heavy atom. The molecule has 1 aromatic carbocycles. The SMILES string of the molecule is CCCCCCCCCCCCCCCCCCCCCCCCCC(=O)N[C@@H](COC1OC(CO)C(O)C(O)[C@@H]1O)[C@H](O)[C@H](O)CCc1ccccc1. The van der Waals surface area contributed by atoms with E-state index in [0.29, 0.717) is 12.8 Å². The average Bonchev–Trinajstić information content (AvgIpc) is 3.18. The minimum Gasteiger partial charge on any atom is -0.394 e. The van der Waals surface area contributed by atoms with E-state index in [2.05, 4.69) is 12.2 Å². The molecule has 0 saturated carbocycles. The van der Waals surface area contributed by atoms with Crippen molar-refractivity contribution in [2.24, 2.45) is 0 Å². The summed E-state index contributed by atoms with van der Waals surface area (Å²) in [5.74, 6) is -0.282. The molecule has 2 rings (SSSR count). The minimum atomic E-state index is -1.62. The number of aliphatic hydroxyl groups is 6. The van der Waals surface area contributed by atoms with E-state index in [1.54, 1.807) is 0 Å². The molecule has 0 bridgehead atoms. The van der Waals surface area contributed by atoms with Crippen LogP contribution >= 0.6 is 0 Å². The molecule has 1 amide bonds. The van der Waals surface area contributed by atoms with E-state index in [9.17, 15) is 35.4 Å². The Bertz CT molecular complexity index is 1020.